The minimum atomic E-state index is -0.537. The van der Waals surface area contributed by atoms with Crippen LogP contribution < -0.4 is 5.73 Å². The largest absolute Gasteiger partial charge is 0.383 e. The van der Waals surface area contributed by atoms with Gasteiger partial charge in [0.05, 0.1) is 11.9 Å². The zero-order valence-electron chi connectivity index (χ0n) is 9.31. The van der Waals surface area contributed by atoms with Crippen LogP contribution in [0.25, 0.3) is 11.3 Å². The van der Waals surface area contributed by atoms with E-state index in [0.29, 0.717) is 23.6 Å². The molecule has 5 heteroatoms. The van der Waals surface area contributed by atoms with E-state index in [9.17, 15) is 4.39 Å². The summed E-state index contributed by atoms with van der Waals surface area (Å²) in [5.74, 6) is -0.0206. The summed E-state index contributed by atoms with van der Waals surface area (Å²) in [5.41, 5.74) is 7.11. The Balaban J connectivity index is 2.54. The van der Waals surface area contributed by atoms with Gasteiger partial charge >= 0.3 is 0 Å². The zero-order valence-corrected chi connectivity index (χ0v) is 9.31. The van der Waals surface area contributed by atoms with E-state index in [1.165, 1.54) is 12.1 Å². The Bertz CT molecular complexity index is 595. The Hall–Kier alpha value is -2.35. The fraction of sp³-hybridized carbons (Fsp3) is 0.167. The number of hydrogen-bond donors (Lipinski definition) is 1. The maximum atomic E-state index is 13.2. The number of aromatic nitrogens is 2. The van der Waals surface area contributed by atoms with Crippen LogP contribution in [0.5, 0.6) is 0 Å². The van der Waals surface area contributed by atoms with E-state index in [-0.39, 0.29) is 5.56 Å². The summed E-state index contributed by atoms with van der Waals surface area (Å²) in [6.07, 6.45) is 1.63. The number of nitrogen functional groups attached to an aromatic ring is 1. The Kier molecular flexibility index (Phi) is 2.79. The summed E-state index contributed by atoms with van der Waals surface area (Å²) in [4.78, 5) is 4.17. The number of nitrogens with zero attached hydrogens (tertiary/aromatic N) is 3. The van der Waals surface area contributed by atoms with Gasteiger partial charge in [-0.15, -0.1) is 0 Å². The quantitative estimate of drug-likeness (QED) is 0.859. The molecule has 1 aromatic heterocycles. The first-order valence-electron chi connectivity index (χ1n) is 5.18. The predicted molar refractivity (Wildman–Crippen MR) is 62.4 cm³/mol. The van der Waals surface area contributed by atoms with Crippen molar-refractivity contribution in [2.24, 2.45) is 0 Å². The Morgan fingerprint density at radius 2 is 2.29 bits per heavy atom. The standard InChI is InChI=1S/C12H11FN4/c1-2-17-7-16-11(12(17)15)8-3-4-10(13)9(5-8)6-14/h3-5,7H,2,15H2,1H3. The van der Waals surface area contributed by atoms with Crippen LogP contribution in [-0.2, 0) is 6.54 Å². The molecule has 0 bridgehead atoms. The van der Waals surface area contributed by atoms with E-state index >= 15 is 0 Å². The van der Waals surface area contributed by atoms with Crippen molar-refractivity contribution >= 4 is 5.82 Å². The molecule has 17 heavy (non-hydrogen) atoms. The van der Waals surface area contributed by atoms with Crippen LogP contribution in [-0.4, -0.2) is 9.55 Å². The third-order valence-corrected chi connectivity index (χ3v) is 2.58. The van der Waals surface area contributed by atoms with Crippen LogP contribution in [0.1, 0.15) is 12.5 Å². The highest BCUT2D eigenvalue weighted by atomic mass is 19.1. The third kappa shape index (κ3) is 1.85. The van der Waals surface area contributed by atoms with Crippen molar-refractivity contribution in [3.63, 3.8) is 0 Å². The van der Waals surface area contributed by atoms with Gasteiger partial charge in [-0.3, -0.25) is 0 Å². The van der Waals surface area contributed by atoms with Gasteiger partial charge in [-0.2, -0.15) is 5.26 Å². The Morgan fingerprint density at radius 3 is 2.88 bits per heavy atom. The van der Waals surface area contributed by atoms with Crippen molar-refractivity contribution in [2.45, 2.75) is 13.5 Å². The molecule has 2 aromatic rings. The van der Waals surface area contributed by atoms with Gasteiger partial charge in [-0.1, -0.05) is 0 Å². The number of nitriles is 1. The molecule has 2 N–H and O–H groups in total. The van der Waals surface area contributed by atoms with Gasteiger partial charge < -0.3 is 10.3 Å². The van der Waals surface area contributed by atoms with Crippen molar-refractivity contribution in [1.82, 2.24) is 9.55 Å². The van der Waals surface area contributed by atoms with Gasteiger partial charge in [0.25, 0.3) is 0 Å². The molecule has 4 nitrogen and oxygen atoms in total. The first-order chi connectivity index (χ1) is 8.17. The monoisotopic (exact) mass is 230 g/mol. The Morgan fingerprint density at radius 1 is 1.53 bits per heavy atom. The topological polar surface area (TPSA) is 67.6 Å². The molecular formula is C12H11FN4. The normalized spacial score (nSPS) is 10.2. The van der Waals surface area contributed by atoms with Crippen LogP contribution in [0.3, 0.4) is 0 Å². The van der Waals surface area contributed by atoms with Gasteiger partial charge in [0.15, 0.2) is 0 Å². The van der Waals surface area contributed by atoms with Crippen molar-refractivity contribution in [3.05, 3.63) is 35.9 Å². The molecular weight excluding hydrogens is 219 g/mol. The minimum Gasteiger partial charge on any atom is -0.383 e. The maximum absolute atomic E-state index is 13.2. The third-order valence-electron chi connectivity index (χ3n) is 2.58. The van der Waals surface area contributed by atoms with E-state index < -0.39 is 5.82 Å². The van der Waals surface area contributed by atoms with E-state index in [0.717, 1.165) is 0 Å². The molecule has 2 rings (SSSR count). The molecule has 0 aliphatic carbocycles. The number of aryl methyl sites for hydroxylation is 1. The van der Waals surface area contributed by atoms with Gasteiger partial charge in [0, 0.05) is 12.1 Å². The molecule has 1 aromatic carbocycles. The SMILES string of the molecule is CCn1cnc(-c2ccc(F)c(C#N)c2)c1N. The lowest BCUT2D eigenvalue weighted by molar-refractivity contribution is 0.624. The van der Waals surface area contributed by atoms with E-state index in [1.807, 2.05) is 6.92 Å². The average Bonchev–Trinajstić information content (AvgIpc) is 2.71. The lowest BCUT2D eigenvalue weighted by Gasteiger charge is -2.03. The second-order valence-corrected chi connectivity index (χ2v) is 3.57. The highest BCUT2D eigenvalue weighted by molar-refractivity contribution is 5.71. The van der Waals surface area contributed by atoms with E-state index in [4.69, 9.17) is 11.0 Å². The molecule has 0 unspecified atom stereocenters. The van der Waals surface area contributed by atoms with Crippen molar-refractivity contribution in [2.75, 3.05) is 5.73 Å². The molecule has 0 amide bonds. The van der Waals surface area contributed by atoms with Crippen LogP contribution in [0.2, 0.25) is 0 Å². The number of imidazole rings is 1. The average molecular weight is 230 g/mol. The number of hydrogen-bond acceptors (Lipinski definition) is 3. The molecule has 0 atom stereocenters. The van der Waals surface area contributed by atoms with Gasteiger partial charge in [-0.05, 0) is 25.1 Å². The predicted octanol–water partition coefficient (Wildman–Crippen LogP) is 2.16. The number of nitrogens with two attached hydrogens (primary N) is 1. The molecule has 86 valence electrons. The summed E-state index contributed by atoms with van der Waals surface area (Å²) in [6, 6.07) is 6.06. The van der Waals surface area contributed by atoms with Crippen LogP contribution in [0.4, 0.5) is 10.2 Å². The molecule has 1 heterocycles. The van der Waals surface area contributed by atoms with Crippen LogP contribution >= 0.6 is 0 Å². The van der Waals surface area contributed by atoms with Gasteiger partial charge in [-0.25, -0.2) is 9.37 Å². The molecule has 0 saturated heterocycles. The summed E-state index contributed by atoms with van der Waals surface area (Å²) in [7, 11) is 0. The van der Waals surface area contributed by atoms with Crippen molar-refractivity contribution < 1.29 is 4.39 Å². The second-order valence-electron chi connectivity index (χ2n) is 3.57. The summed E-state index contributed by atoms with van der Waals surface area (Å²) in [5, 5.41) is 8.76. The second kappa shape index (κ2) is 4.26. The van der Waals surface area contributed by atoms with Crippen molar-refractivity contribution in [1.29, 1.82) is 5.26 Å². The molecule has 0 aliphatic heterocycles. The summed E-state index contributed by atoms with van der Waals surface area (Å²) < 4.78 is 15.0. The lowest BCUT2D eigenvalue weighted by atomic mass is 10.1. The smallest absolute Gasteiger partial charge is 0.140 e. The first-order valence-corrected chi connectivity index (χ1v) is 5.18. The lowest BCUT2D eigenvalue weighted by Crippen LogP contribution is -1.99. The number of benzene rings is 1. The van der Waals surface area contributed by atoms with E-state index in [2.05, 4.69) is 4.98 Å². The minimum absolute atomic E-state index is 0.00653. The van der Waals surface area contributed by atoms with E-state index in [1.54, 1.807) is 23.0 Å². The Labute approximate surface area is 98.1 Å². The number of halogens is 1. The molecule has 0 saturated carbocycles. The summed E-state index contributed by atoms with van der Waals surface area (Å²) >= 11 is 0. The molecule has 0 aliphatic rings. The highest BCUT2D eigenvalue weighted by Crippen LogP contribution is 2.25. The van der Waals surface area contributed by atoms with Crippen LogP contribution in [0.15, 0.2) is 24.5 Å². The zero-order chi connectivity index (χ0) is 12.4. The number of rotatable bonds is 2. The molecule has 0 radical (unpaired) electrons. The number of anilines is 1. The van der Waals surface area contributed by atoms with Crippen LogP contribution in [0, 0.1) is 17.1 Å². The summed E-state index contributed by atoms with van der Waals surface area (Å²) in [6.45, 7) is 2.67. The first kappa shape index (κ1) is 11.1. The molecule has 0 fully saturated rings. The fourth-order valence-electron chi connectivity index (χ4n) is 1.62. The van der Waals surface area contributed by atoms with Crippen molar-refractivity contribution in [3.8, 4) is 17.3 Å². The van der Waals surface area contributed by atoms with Gasteiger partial charge in [0.1, 0.15) is 23.4 Å². The maximum Gasteiger partial charge on any atom is 0.140 e. The van der Waals surface area contributed by atoms with Gasteiger partial charge in [0.2, 0.25) is 0 Å². The highest BCUT2D eigenvalue weighted by Gasteiger charge is 2.11. The fourth-order valence-corrected chi connectivity index (χ4v) is 1.62. The molecule has 0 spiro atoms.